The van der Waals surface area contributed by atoms with Crippen LogP contribution in [0.15, 0.2) is 24.3 Å². The molecule has 62 valence electrons. The zero-order valence-corrected chi connectivity index (χ0v) is 7.49. The molecule has 3 rings (SSSR count). The Labute approximate surface area is 72.8 Å². The van der Waals surface area contributed by atoms with Crippen molar-refractivity contribution in [2.75, 3.05) is 0 Å². The number of hydrogen-bond acceptors (Lipinski definition) is 2. The fourth-order valence-corrected chi connectivity index (χ4v) is 2.67. The van der Waals surface area contributed by atoms with Gasteiger partial charge in [0.1, 0.15) is 6.10 Å². The van der Waals surface area contributed by atoms with Gasteiger partial charge in [-0.15, -0.1) is 0 Å². The highest BCUT2D eigenvalue weighted by Crippen LogP contribution is 2.47. The van der Waals surface area contributed by atoms with Crippen molar-refractivity contribution in [1.29, 1.82) is 0 Å². The molecule has 0 N–H and O–H groups in total. The lowest BCUT2D eigenvalue weighted by atomic mass is 10.1. The quantitative estimate of drug-likeness (QED) is 0.570. The Morgan fingerprint density at radius 1 is 1.25 bits per heavy atom. The third-order valence-electron chi connectivity index (χ3n) is 2.49. The van der Waals surface area contributed by atoms with Crippen molar-refractivity contribution in [1.82, 2.24) is 0 Å². The molecule has 0 saturated carbocycles. The molecule has 0 radical (unpaired) electrons. The minimum atomic E-state index is 0.222. The zero-order chi connectivity index (χ0) is 7.97. The number of hydrogen-bond donors (Lipinski definition) is 0. The van der Waals surface area contributed by atoms with Gasteiger partial charge in [0.05, 0.1) is 6.10 Å². The highest BCUT2D eigenvalue weighted by Gasteiger charge is 2.38. The molecule has 1 aliphatic heterocycles. The summed E-state index contributed by atoms with van der Waals surface area (Å²) in [7, 11) is 0.239. The van der Waals surface area contributed by atoms with Gasteiger partial charge in [0, 0.05) is 6.42 Å². The van der Waals surface area contributed by atoms with Gasteiger partial charge in [-0.1, -0.05) is 24.3 Å². The summed E-state index contributed by atoms with van der Waals surface area (Å²) < 4.78 is 11.0. The summed E-state index contributed by atoms with van der Waals surface area (Å²) in [6.45, 7) is 0. The van der Waals surface area contributed by atoms with Crippen LogP contribution in [0, 0.1) is 0 Å². The second kappa shape index (κ2) is 2.53. The molecule has 1 unspecified atom stereocenters. The first kappa shape index (κ1) is 7.02. The maximum atomic E-state index is 5.51. The summed E-state index contributed by atoms with van der Waals surface area (Å²) in [4.78, 5) is 0. The van der Waals surface area contributed by atoms with E-state index in [1.165, 1.54) is 11.1 Å². The van der Waals surface area contributed by atoms with Crippen LogP contribution in [0.3, 0.4) is 0 Å². The molecule has 1 saturated heterocycles. The van der Waals surface area contributed by atoms with Crippen LogP contribution in [0.5, 0.6) is 0 Å². The Morgan fingerprint density at radius 2 is 2.17 bits per heavy atom. The molecule has 0 amide bonds. The van der Waals surface area contributed by atoms with E-state index in [9.17, 15) is 0 Å². The third-order valence-corrected chi connectivity index (χ3v) is 3.24. The lowest BCUT2D eigenvalue weighted by Gasteiger charge is -2.05. The van der Waals surface area contributed by atoms with Crippen molar-refractivity contribution in [2.24, 2.45) is 0 Å². The average molecular weight is 180 g/mol. The molecule has 1 aromatic carbocycles. The summed E-state index contributed by atoms with van der Waals surface area (Å²) in [6, 6.07) is 8.43. The van der Waals surface area contributed by atoms with Gasteiger partial charge in [0.2, 0.25) is 0 Å². The maximum absolute atomic E-state index is 5.51. The van der Waals surface area contributed by atoms with Crippen molar-refractivity contribution in [2.45, 2.75) is 18.6 Å². The van der Waals surface area contributed by atoms with Crippen molar-refractivity contribution in [3.8, 4) is 0 Å². The van der Waals surface area contributed by atoms with E-state index in [2.05, 4.69) is 24.3 Å². The van der Waals surface area contributed by atoms with Gasteiger partial charge in [-0.25, -0.2) is 0 Å². The van der Waals surface area contributed by atoms with E-state index in [1.54, 1.807) is 0 Å². The first-order valence-corrected chi connectivity index (χ1v) is 4.91. The van der Waals surface area contributed by atoms with Gasteiger partial charge in [0.25, 0.3) is 0 Å². The lowest BCUT2D eigenvalue weighted by Crippen LogP contribution is -2.08. The second-order valence-corrected chi connectivity index (χ2v) is 3.82. The third kappa shape index (κ3) is 0.861. The number of benzene rings is 1. The molecule has 0 aromatic heterocycles. The van der Waals surface area contributed by atoms with E-state index < -0.39 is 0 Å². The zero-order valence-electron chi connectivity index (χ0n) is 6.49. The standard InChI is InChI=1S/C9H9O2P/c1-2-4-7-6(3-1)5-8-9(7)11-12-10-8/h1-4,8-9,12H,5H2/t8-,9+/m1/s1. The maximum Gasteiger partial charge on any atom is 0.156 e. The van der Waals surface area contributed by atoms with Gasteiger partial charge < -0.3 is 9.05 Å². The van der Waals surface area contributed by atoms with Crippen LogP contribution >= 0.6 is 9.03 Å². The molecule has 0 bridgehead atoms. The van der Waals surface area contributed by atoms with Crippen molar-refractivity contribution >= 4 is 9.03 Å². The number of rotatable bonds is 0. The molecule has 2 aliphatic rings. The Hall–Kier alpha value is -0.430. The first-order chi connectivity index (χ1) is 5.95. The van der Waals surface area contributed by atoms with E-state index >= 15 is 0 Å². The SMILES string of the molecule is c1ccc2c(c1)C[C@H]1OPO[C@@H]21. The van der Waals surface area contributed by atoms with Crippen molar-refractivity contribution in [3.63, 3.8) is 0 Å². The molecule has 1 fully saturated rings. The molecule has 3 heteroatoms. The Bertz CT molecular complexity index is 313. The first-order valence-electron chi connectivity index (χ1n) is 4.09. The fourth-order valence-electron chi connectivity index (χ4n) is 1.91. The van der Waals surface area contributed by atoms with E-state index in [4.69, 9.17) is 9.05 Å². The predicted molar refractivity (Wildman–Crippen MR) is 47.2 cm³/mol. The van der Waals surface area contributed by atoms with E-state index in [0.29, 0.717) is 6.10 Å². The molecule has 1 aliphatic carbocycles. The fraction of sp³-hybridized carbons (Fsp3) is 0.333. The van der Waals surface area contributed by atoms with Crippen LogP contribution in [0.2, 0.25) is 0 Å². The second-order valence-electron chi connectivity index (χ2n) is 3.18. The Kier molecular flexibility index (Phi) is 1.48. The van der Waals surface area contributed by atoms with Crippen LogP contribution in [0.1, 0.15) is 17.2 Å². The molecular formula is C9H9O2P. The largest absolute Gasteiger partial charge is 0.329 e. The Balaban J connectivity index is 2.09. The van der Waals surface area contributed by atoms with Crippen molar-refractivity contribution in [3.05, 3.63) is 35.4 Å². The van der Waals surface area contributed by atoms with Gasteiger partial charge in [0.15, 0.2) is 9.03 Å². The summed E-state index contributed by atoms with van der Waals surface area (Å²) in [5, 5.41) is 0. The topological polar surface area (TPSA) is 18.5 Å². The summed E-state index contributed by atoms with van der Waals surface area (Å²) in [6.07, 6.45) is 1.54. The summed E-state index contributed by atoms with van der Waals surface area (Å²) >= 11 is 0. The van der Waals surface area contributed by atoms with Crippen LogP contribution in [-0.4, -0.2) is 6.10 Å². The van der Waals surface area contributed by atoms with E-state index in [-0.39, 0.29) is 15.1 Å². The highest BCUT2D eigenvalue weighted by atomic mass is 31.1. The Morgan fingerprint density at radius 3 is 3.17 bits per heavy atom. The molecule has 1 aromatic rings. The van der Waals surface area contributed by atoms with Gasteiger partial charge in [-0.05, 0) is 11.1 Å². The predicted octanol–water partition coefficient (Wildman–Crippen LogP) is 2.21. The minimum Gasteiger partial charge on any atom is -0.329 e. The van der Waals surface area contributed by atoms with Crippen LogP contribution in [0.4, 0.5) is 0 Å². The van der Waals surface area contributed by atoms with Gasteiger partial charge >= 0.3 is 0 Å². The van der Waals surface area contributed by atoms with Crippen LogP contribution in [-0.2, 0) is 15.5 Å². The average Bonchev–Trinajstić information content (AvgIpc) is 2.62. The van der Waals surface area contributed by atoms with Crippen molar-refractivity contribution < 1.29 is 9.05 Å². The molecule has 2 nitrogen and oxygen atoms in total. The normalized spacial score (nSPS) is 33.7. The lowest BCUT2D eigenvalue weighted by molar-refractivity contribution is 0.176. The van der Waals surface area contributed by atoms with Gasteiger partial charge in [-0.3, -0.25) is 0 Å². The van der Waals surface area contributed by atoms with Crippen LogP contribution < -0.4 is 0 Å². The molecule has 12 heavy (non-hydrogen) atoms. The molecule has 0 spiro atoms. The number of fused-ring (bicyclic) bond motifs is 3. The smallest absolute Gasteiger partial charge is 0.156 e. The summed E-state index contributed by atoms with van der Waals surface area (Å²) in [5.74, 6) is 0. The summed E-state index contributed by atoms with van der Waals surface area (Å²) in [5.41, 5.74) is 2.71. The minimum absolute atomic E-state index is 0.222. The molecule has 1 heterocycles. The monoisotopic (exact) mass is 180 g/mol. The molecular weight excluding hydrogens is 171 g/mol. The van der Waals surface area contributed by atoms with Crippen LogP contribution in [0.25, 0.3) is 0 Å². The van der Waals surface area contributed by atoms with E-state index in [0.717, 1.165) is 6.42 Å². The molecule has 3 atom stereocenters. The highest BCUT2D eigenvalue weighted by molar-refractivity contribution is 7.26. The van der Waals surface area contributed by atoms with E-state index in [1.807, 2.05) is 0 Å². The van der Waals surface area contributed by atoms with Gasteiger partial charge in [-0.2, -0.15) is 0 Å².